The number of hydrogen-bond acceptors (Lipinski definition) is 6. The number of nitro groups is 1. The van der Waals surface area contributed by atoms with E-state index in [4.69, 9.17) is 4.74 Å². The molecule has 1 saturated heterocycles. The molecule has 7 nitrogen and oxygen atoms in total. The monoisotopic (exact) mass is 345 g/mol. The van der Waals surface area contributed by atoms with Crippen LogP contribution in [0.4, 0.5) is 11.4 Å². The Kier molecular flexibility index (Phi) is 4.95. The van der Waals surface area contributed by atoms with Crippen LogP contribution in [-0.4, -0.2) is 33.4 Å². The predicted molar refractivity (Wildman–Crippen MR) is 91.6 cm³/mol. The van der Waals surface area contributed by atoms with Gasteiger partial charge in [-0.1, -0.05) is 6.07 Å². The van der Waals surface area contributed by atoms with Crippen LogP contribution in [0.15, 0.2) is 42.6 Å². The number of nitrogens with one attached hydrogen (secondary N) is 1. The number of nitrogens with zero attached hydrogens (tertiary/aromatic N) is 2. The predicted octanol–water partition coefficient (Wildman–Crippen LogP) is 3.13. The summed E-state index contributed by atoms with van der Waals surface area (Å²) in [5, 5.41) is 13.5. The molecule has 1 aromatic carbocycles. The summed E-state index contributed by atoms with van der Waals surface area (Å²) < 4.78 is 5.83. The molecule has 1 atom stereocenters. The maximum atomic E-state index is 12.5. The molecule has 0 radical (unpaired) electrons. The van der Waals surface area contributed by atoms with Gasteiger partial charge in [0, 0.05) is 29.8 Å². The van der Waals surface area contributed by atoms with Gasteiger partial charge in [0.05, 0.1) is 4.92 Å². The lowest BCUT2D eigenvalue weighted by Gasteiger charge is -2.14. The van der Waals surface area contributed by atoms with Crippen molar-refractivity contribution in [1.29, 1.82) is 0 Å². The molecular formula is C16H15N3O4S. The number of hydrogen-bond donors (Lipinski definition) is 1. The lowest BCUT2D eigenvalue weighted by molar-refractivity contribution is -0.384. The number of ether oxygens (including phenoxy) is 1. The number of pyridine rings is 1. The average Bonchev–Trinajstić information content (AvgIpc) is 3.08. The van der Waals surface area contributed by atoms with Gasteiger partial charge in [0.1, 0.15) is 11.7 Å². The standard InChI is InChI=1S/C16H15N3O4S/c20-15(18-11-3-1-4-12(9-11)19(21)22)14-5-2-7-17-16(14)23-13-6-8-24-10-13/h1-5,7,9,13H,6,8,10H2,(H,18,20). The van der Waals surface area contributed by atoms with Crippen LogP contribution in [0, 0.1) is 10.1 Å². The fraction of sp³-hybridized carbons (Fsp3) is 0.250. The van der Waals surface area contributed by atoms with E-state index in [1.165, 1.54) is 18.2 Å². The number of rotatable bonds is 5. The molecule has 24 heavy (non-hydrogen) atoms. The molecule has 0 spiro atoms. The Balaban J connectivity index is 1.77. The summed E-state index contributed by atoms with van der Waals surface area (Å²) in [4.78, 5) is 26.9. The summed E-state index contributed by atoms with van der Waals surface area (Å²) in [7, 11) is 0. The van der Waals surface area contributed by atoms with Gasteiger partial charge in [-0.25, -0.2) is 4.98 Å². The normalized spacial score (nSPS) is 16.6. The summed E-state index contributed by atoms with van der Waals surface area (Å²) in [5.41, 5.74) is 0.569. The molecule has 0 bridgehead atoms. The first-order chi connectivity index (χ1) is 11.6. The molecule has 124 valence electrons. The van der Waals surface area contributed by atoms with Gasteiger partial charge < -0.3 is 10.1 Å². The molecule has 1 aliphatic heterocycles. The molecular weight excluding hydrogens is 330 g/mol. The first-order valence-electron chi connectivity index (χ1n) is 7.39. The number of nitro benzene ring substituents is 1. The Bertz CT molecular complexity index is 762. The van der Waals surface area contributed by atoms with E-state index < -0.39 is 10.8 Å². The van der Waals surface area contributed by atoms with Crippen molar-refractivity contribution in [3.8, 4) is 5.88 Å². The van der Waals surface area contributed by atoms with Gasteiger partial charge in [-0.2, -0.15) is 11.8 Å². The number of anilines is 1. The van der Waals surface area contributed by atoms with E-state index in [1.807, 2.05) is 0 Å². The van der Waals surface area contributed by atoms with Crippen LogP contribution in [0.3, 0.4) is 0 Å². The number of carbonyl (C=O) groups is 1. The van der Waals surface area contributed by atoms with E-state index in [0.717, 1.165) is 17.9 Å². The minimum atomic E-state index is -0.508. The number of benzene rings is 1. The molecule has 1 aliphatic rings. The Morgan fingerprint density at radius 2 is 2.25 bits per heavy atom. The van der Waals surface area contributed by atoms with Crippen LogP contribution >= 0.6 is 11.8 Å². The van der Waals surface area contributed by atoms with Crippen molar-refractivity contribution < 1.29 is 14.5 Å². The SMILES string of the molecule is O=C(Nc1cccc([N+](=O)[O-])c1)c1cccnc1OC1CCSC1. The van der Waals surface area contributed by atoms with Crippen molar-refractivity contribution in [1.82, 2.24) is 4.98 Å². The van der Waals surface area contributed by atoms with E-state index >= 15 is 0 Å². The molecule has 1 N–H and O–H groups in total. The van der Waals surface area contributed by atoms with Crippen molar-refractivity contribution in [2.45, 2.75) is 12.5 Å². The smallest absolute Gasteiger partial charge is 0.271 e. The Hall–Kier alpha value is -2.61. The van der Waals surface area contributed by atoms with Crippen LogP contribution in [0.1, 0.15) is 16.8 Å². The highest BCUT2D eigenvalue weighted by molar-refractivity contribution is 7.99. The number of thioether (sulfide) groups is 1. The molecule has 1 unspecified atom stereocenters. The van der Waals surface area contributed by atoms with Crippen LogP contribution in [0.5, 0.6) is 5.88 Å². The van der Waals surface area contributed by atoms with E-state index in [-0.39, 0.29) is 17.7 Å². The van der Waals surface area contributed by atoms with Gasteiger partial charge in [0.2, 0.25) is 5.88 Å². The zero-order chi connectivity index (χ0) is 16.9. The molecule has 2 heterocycles. The zero-order valence-corrected chi connectivity index (χ0v) is 13.5. The average molecular weight is 345 g/mol. The summed E-state index contributed by atoms with van der Waals surface area (Å²) >= 11 is 1.81. The van der Waals surface area contributed by atoms with Crippen LogP contribution < -0.4 is 10.1 Å². The molecule has 3 rings (SSSR count). The number of non-ortho nitro benzene ring substituents is 1. The van der Waals surface area contributed by atoms with E-state index in [1.54, 1.807) is 36.2 Å². The van der Waals surface area contributed by atoms with Crippen molar-refractivity contribution >= 4 is 29.0 Å². The maximum Gasteiger partial charge on any atom is 0.271 e. The molecule has 1 amide bonds. The Morgan fingerprint density at radius 1 is 1.38 bits per heavy atom. The van der Waals surface area contributed by atoms with Crippen LogP contribution in [0.25, 0.3) is 0 Å². The van der Waals surface area contributed by atoms with Gasteiger partial charge >= 0.3 is 0 Å². The minimum absolute atomic E-state index is 0.0502. The van der Waals surface area contributed by atoms with Crippen molar-refractivity contribution in [3.63, 3.8) is 0 Å². The molecule has 8 heteroatoms. The molecule has 1 aromatic heterocycles. The third-order valence-corrected chi connectivity index (χ3v) is 4.63. The van der Waals surface area contributed by atoms with Crippen molar-refractivity contribution in [2.24, 2.45) is 0 Å². The lowest BCUT2D eigenvalue weighted by Crippen LogP contribution is -2.20. The van der Waals surface area contributed by atoms with Crippen molar-refractivity contribution in [3.05, 3.63) is 58.3 Å². The minimum Gasteiger partial charge on any atom is -0.473 e. The van der Waals surface area contributed by atoms with Crippen LogP contribution in [0.2, 0.25) is 0 Å². The van der Waals surface area contributed by atoms with E-state index in [2.05, 4.69) is 10.3 Å². The summed E-state index contributed by atoms with van der Waals surface area (Å²) in [5.74, 6) is 1.78. The van der Waals surface area contributed by atoms with E-state index in [0.29, 0.717) is 11.3 Å². The first-order valence-corrected chi connectivity index (χ1v) is 8.54. The Morgan fingerprint density at radius 3 is 3.00 bits per heavy atom. The number of aromatic nitrogens is 1. The van der Waals surface area contributed by atoms with Crippen LogP contribution in [-0.2, 0) is 0 Å². The third-order valence-electron chi connectivity index (χ3n) is 3.50. The van der Waals surface area contributed by atoms with Gasteiger partial charge in [-0.05, 0) is 30.4 Å². The second kappa shape index (κ2) is 7.31. The quantitative estimate of drug-likeness (QED) is 0.661. The fourth-order valence-electron chi connectivity index (χ4n) is 2.32. The molecule has 2 aromatic rings. The first kappa shape index (κ1) is 16.3. The van der Waals surface area contributed by atoms with Gasteiger partial charge in [-0.3, -0.25) is 14.9 Å². The van der Waals surface area contributed by atoms with Crippen molar-refractivity contribution in [2.75, 3.05) is 16.8 Å². The van der Waals surface area contributed by atoms with Gasteiger partial charge in [0.25, 0.3) is 11.6 Å². The third kappa shape index (κ3) is 3.83. The molecule has 0 aliphatic carbocycles. The second-order valence-electron chi connectivity index (χ2n) is 5.22. The highest BCUT2D eigenvalue weighted by atomic mass is 32.2. The second-order valence-corrected chi connectivity index (χ2v) is 6.37. The van der Waals surface area contributed by atoms with Gasteiger partial charge in [0.15, 0.2) is 0 Å². The zero-order valence-electron chi connectivity index (χ0n) is 12.7. The number of carbonyl (C=O) groups excluding carboxylic acids is 1. The summed E-state index contributed by atoms with van der Waals surface area (Å²) in [6.07, 6.45) is 2.55. The molecule has 1 fully saturated rings. The maximum absolute atomic E-state index is 12.5. The topological polar surface area (TPSA) is 94.4 Å². The Labute approximate surface area is 142 Å². The highest BCUT2D eigenvalue weighted by Gasteiger charge is 2.21. The summed E-state index contributed by atoms with van der Waals surface area (Å²) in [6, 6.07) is 9.06. The summed E-state index contributed by atoms with van der Waals surface area (Å²) in [6.45, 7) is 0. The molecule has 0 saturated carbocycles. The highest BCUT2D eigenvalue weighted by Crippen LogP contribution is 2.25. The van der Waals surface area contributed by atoms with E-state index in [9.17, 15) is 14.9 Å². The number of amides is 1. The largest absolute Gasteiger partial charge is 0.473 e. The van der Waals surface area contributed by atoms with Gasteiger partial charge in [-0.15, -0.1) is 0 Å². The lowest BCUT2D eigenvalue weighted by atomic mass is 10.2. The fourth-order valence-corrected chi connectivity index (χ4v) is 3.41.